The van der Waals surface area contributed by atoms with Gasteiger partial charge in [0.25, 0.3) is 5.91 Å². The van der Waals surface area contributed by atoms with Gasteiger partial charge in [0.2, 0.25) is 5.91 Å². The molecule has 0 radical (unpaired) electrons. The number of para-hydroxylation sites is 1. The minimum Gasteiger partial charge on any atom is -0.493 e. The first-order valence-corrected chi connectivity index (χ1v) is 11.9. The minimum absolute atomic E-state index is 0.104. The zero-order valence-corrected chi connectivity index (χ0v) is 20.5. The zero-order chi connectivity index (χ0) is 24.8. The molecule has 0 saturated heterocycles. The highest BCUT2D eigenvalue weighted by Gasteiger charge is 2.32. The second-order valence-corrected chi connectivity index (χ2v) is 8.66. The van der Waals surface area contributed by atoms with Crippen LogP contribution in [0.1, 0.15) is 11.1 Å². The third-order valence-corrected chi connectivity index (χ3v) is 6.16. The van der Waals surface area contributed by atoms with E-state index in [9.17, 15) is 9.59 Å². The van der Waals surface area contributed by atoms with Gasteiger partial charge in [0.05, 0.1) is 25.7 Å². The lowest BCUT2D eigenvalue weighted by molar-refractivity contribution is -0.114. The van der Waals surface area contributed by atoms with E-state index >= 15 is 0 Å². The summed E-state index contributed by atoms with van der Waals surface area (Å²) in [6, 6.07) is 22.2. The van der Waals surface area contributed by atoms with Crippen LogP contribution in [0.5, 0.6) is 11.5 Å². The van der Waals surface area contributed by atoms with Crippen molar-refractivity contribution in [2.75, 3.05) is 30.2 Å². The van der Waals surface area contributed by atoms with Crippen molar-refractivity contribution in [2.24, 2.45) is 4.99 Å². The number of nitrogens with one attached hydrogen (secondary N) is 1. The van der Waals surface area contributed by atoms with E-state index in [1.165, 1.54) is 16.7 Å². The average Bonchev–Trinajstić information content (AvgIpc) is 3.19. The van der Waals surface area contributed by atoms with Crippen molar-refractivity contribution in [1.82, 2.24) is 0 Å². The van der Waals surface area contributed by atoms with Gasteiger partial charge in [-0.15, -0.1) is 0 Å². The Kier molecular flexibility index (Phi) is 7.52. The number of ether oxygens (including phenoxy) is 2. The number of amides is 2. The van der Waals surface area contributed by atoms with Gasteiger partial charge in [0, 0.05) is 5.69 Å². The molecule has 0 fully saturated rings. The highest BCUT2D eigenvalue weighted by Crippen LogP contribution is 2.32. The maximum Gasteiger partial charge on any atom is 0.283 e. The van der Waals surface area contributed by atoms with Crippen LogP contribution in [0.2, 0.25) is 0 Å². The zero-order valence-electron chi connectivity index (χ0n) is 19.6. The Bertz CT molecular complexity index is 1290. The normalized spacial score (nSPS) is 14.1. The van der Waals surface area contributed by atoms with Crippen molar-refractivity contribution in [2.45, 2.75) is 6.92 Å². The van der Waals surface area contributed by atoms with Crippen LogP contribution in [-0.4, -0.2) is 37.0 Å². The predicted octanol–water partition coefficient (Wildman–Crippen LogP) is 5.13. The summed E-state index contributed by atoms with van der Waals surface area (Å²) in [6.45, 7) is 1.99. The molecule has 1 heterocycles. The number of aryl methyl sites for hydroxylation is 1. The molecule has 0 saturated carbocycles. The summed E-state index contributed by atoms with van der Waals surface area (Å²) in [5.41, 5.74) is 3.52. The summed E-state index contributed by atoms with van der Waals surface area (Å²) in [5, 5.41) is 3.31. The Morgan fingerprint density at radius 1 is 1.00 bits per heavy atom. The lowest BCUT2D eigenvalue weighted by Crippen LogP contribution is -2.31. The first-order chi connectivity index (χ1) is 17.0. The van der Waals surface area contributed by atoms with Crippen LogP contribution in [0, 0.1) is 6.92 Å². The maximum absolute atomic E-state index is 13.3. The molecular formula is C27H25N3O4S. The molecule has 178 valence electrons. The van der Waals surface area contributed by atoms with Gasteiger partial charge in [-0.05, 0) is 55.0 Å². The Labute approximate surface area is 208 Å². The highest BCUT2D eigenvalue weighted by molar-refractivity contribution is 8.14. The summed E-state index contributed by atoms with van der Waals surface area (Å²) < 4.78 is 10.7. The molecule has 7 nitrogen and oxygen atoms in total. The number of carbonyl (C=O) groups is 2. The number of rotatable bonds is 7. The van der Waals surface area contributed by atoms with Crippen LogP contribution in [0.4, 0.5) is 11.4 Å². The van der Waals surface area contributed by atoms with Crippen LogP contribution in [0.25, 0.3) is 6.08 Å². The number of carbonyl (C=O) groups excluding carboxylic acids is 2. The van der Waals surface area contributed by atoms with Crippen molar-refractivity contribution in [1.29, 1.82) is 0 Å². The smallest absolute Gasteiger partial charge is 0.283 e. The van der Waals surface area contributed by atoms with E-state index in [0.717, 1.165) is 16.8 Å². The fourth-order valence-electron chi connectivity index (χ4n) is 3.46. The second-order valence-electron chi connectivity index (χ2n) is 7.72. The van der Waals surface area contributed by atoms with Crippen molar-refractivity contribution in [3.63, 3.8) is 0 Å². The maximum atomic E-state index is 13.3. The van der Waals surface area contributed by atoms with E-state index in [1.54, 1.807) is 32.4 Å². The second kappa shape index (κ2) is 10.9. The molecule has 3 aromatic rings. The van der Waals surface area contributed by atoms with Gasteiger partial charge in [0.15, 0.2) is 16.7 Å². The standard InChI is InChI=1S/C27H25N3O4S/c1-18-9-12-20(13-10-18)28-25(31)17-35-27-29-22(26(32)30(27)21-7-5-4-6-8-21)15-19-11-14-23(33-2)24(16-19)34-3/h4-16H,17H2,1-3H3,(H,28,31)/b22-15+. The average molecular weight is 488 g/mol. The number of methoxy groups -OCH3 is 2. The van der Waals surface area contributed by atoms with Crippen molar-refractivity contribution >= 4 is 46.2 Å². The topological polar surface area (TPSA) is 80.2 Å². The van der Waals surface area contributed by atoms with Gasteiger partial charge in [-0.2, -0.15) is 0 Å². The largest absolute Gasteiger partial charge is 0.493 e. The summed E-state index contributed by atoms with van der Waals surface area (Å²) >= 11 is 1.21. The van der Waals surface area contributed by atoms with Crippen molar-refractivity contribution in [3.05, 3.63) is 89.6 Å². The number of hydrogen-bond acceptors (Lipinski definition) is 6. The molecule has 35 heavy (non-hydrogen) atoms. The highest BCUT2D eigenvalue weighted by atomic mass is 32.2. The lowest BCUT2D eigenvalue weighted by Gasteiger charge is -2.17. The fraction of sp³-hybridized carbons (Fsp3) is 0.148. The SMILES string of the molecule is COc1ccc(/C=C2/N=C(SCC(=O)Nc3ccc(C)cc3)N(c3ccccc3)C2=O)cc1OC. The molecule has 0 unspecified atom stereocenters. The van der Waals surface area contributed by atoms with Gasteiger partial charge in [-0.25, -0.2) is 4.99 Å². The van der Waals surface area contributed by atoms with Gasteiger partial charge in [0.1, 0.15) is 5.70 Å². The summed E-state index contributed by atoms with van der Waals surface area (Å²) in [4.78, 5) is 32.0. The van der Waals surface area contributed by atoms with Crippen LogP contribution in [-0.2, 0) is 9.59 Å². The molecule has 1 aliphatic heterocycles. The first-order valence-electron chi connectivity index (χ1n) is 10.9. The monoisotopic (exact) mass is 487 g/mol. The number of amidine groups is 1. The number of benzene rings is 3. The molecule has 0 bridgehead atoms. The van der Waals surface area contributed by atoms with Crippen LogP contribution in [0.3, 0.4) is 0 Å². The van der Waals surface area contributed by atoms with Crippen LogP contribution >= 0.6 is 11.8 Å². The van der Waals surface area contributed by atoms with E-state index in [4.69, 9.17) is 9.47 Å². The molecule has 8 heteroatoms. The Balaban J connectivity index is 1.57. The Morgan fingerprint density at radius 2 is 1.71 bits per heavy atom. The molecule has 0 aromatic heterocycles. The van der Waals surface area contributed by atoms with E-state index in [0.29, 0.717) is 22.4 Å². The quantitative estimate of drug-likeness (QED) is 0.468. The van der Waals surface area contributed by atoms with Crippen molar-refractivity contribution in [3.8, 4) is 11.5 Å². The van der Waals surface area contributed by atoms with Gasteiger partial charge < -0.3 is 14.8 Å². The van der Waals surface area contributed by atoms with E-state index in [2.05, 4.69) is 10.3 Å². The molecule has 1 aliphatic rings. The number of aliphatic imine (C=N–C) groups is 1. The number of hydrogen-bond donors (Lipinski definition) is 1. The van der Waals surface area contributed by atoms with Crippen molar-refractivity contribution < 1.29 is 19.1 Å². The number of anilines is 2. The van der Waals surface area contributed by atoms with Gasteiger partial charge >= 0.3 is 0 Å². The van der Waals surface area contributed by atoms with E-state index in [-0.39, 0.29) is 23.3 Å². The number of thioether (sulfide) groups is 1. The Hall–Kier alpha value is -4.04. The molecule has 3 aromatic carbocycles. The molecule has 0 atom stereocenters. The molecule has 0 aliphatic carbocycles. The fourth-order valence-corrected chi connectivity index (χ4v) is 4.28. The first kappa shape index (κ1) is 24.1. The summed E-state index contributed by atoms with van der Waals surface area (Å²) in [7, 11) is 3.12. The molecular weight excluding hydrogens is 462 g/mol. The van der Waals surface area contributed by atoms with E-state index in [1.807, 2.05) is 67.6 Å². The van der Waals surface area contributed by atoms with Gasteiger partial charge in [-0.3, -0.25) is 14.5 Å². The summed E-state index contributed by atoms with van der Waals surface area (Å²) in [5.74, 6) is 0.801. The summed E-state index contributed by atoms with van der Waals surface area (Å²) in [6.07, 6.45) is 1.69. The molecule has 2 amide bonds. The van der Waals surface area contributed by atoms with Crippen LogP contribution in [0.15, 0.2) is 83.5 Å². The lowest BCUT2D eigenvalue weighted by atomic mass is 10.1. The Morgan fingerprint density at radius 3 is 2.40 bits per heavy atom. The van der Waals surface area contributed by atoms with E-state index < -0.39 is 0 Å². The van der Waals surface area contributed by atoms with Gasteiger partial charge in [-0.1, -0.05) is 53.7 Å². The predicted molar refractivity (Wildman–Crippen MR) is 141 cm³/mol. The third kappa shape index (κ3) is 5.73. The molecule has 0 spiro atoms. The van der Waals surface area contributed by atoms with Crippen LogP contribution < -0.4 is 19.7 Å². The molecule has 4 rings (SSSR count). The number of nitrogens with zero attached hydrogens (tertiary/aromatic N) is 2. The third-order valence-electron chi connectivity index (χ3n) is 5.22. The minimum atomic E-state index is -0.271. The molecule has 1 N–H and O–H groups in total.